The molecule has 1 atom stereocenters. The Morgan fingerprint density at radius 3 is 2.56 bits per heavy atom. The standard InChI is InChI=1S/C16H16O2/c1-4-12-5-6-15-10-13(7-8-14(15)9-12)11(2)16(17)18-3/h4-11H,1H2,2-3H3. The number of hydrogen-bond acceptors (Lipinski definition) is 2. The minimum absolute atomic E-state index is 0.211. The minimum Gasteiger partial charge on any atom is -0.469 e. The van der Waals surface area contributed by atoms with E-state index < -0.39 is 0 Å². The summed E-state index contributed by atoms with van der Waals surface area (Å²) in [7, 11) is 1.41. The molecule has 0 N–H and O–H groups in total. The minimum atomic E-state index is -0.238. The summed E-state index contributed by atoms with van der Waals surface area (Å²) in [6.45, 7) is 5.61. The van der Waals surface area contributed by atoms with Crippen molar-refractivity contribution in [3.05, 3.63) is 54.1 Å². The van der Waals surface area contributed by atoms with Crippen LogP contribution in [0.4, 0.5) is 0 Å². The third kappa shape index (κ3) is 2.28. The van der Waals surface area contributed by atoms with Crippen molar-refractivity contribution in [2.45, 2.75) is 12.8 Å². The molecule has 0 saturated heterocycles. The zero-order valence-corrected chi connectivity index (χ0v) is 10.6. The number of benzene rings is 2. The molecule has 0 aliphatic carbocycles. The van der Waals surface area contributed by atoms with Crippen molar-refractivity contribution in [3.8, 4) is 0 Å². The van der Waals surface area contributed by atoms with E-state index in [1.807, 2.05) is 43.3 Å². The van der Waals surface area contributed by atoms with Gasteiger partial charge in [0.25, 0.3) is 0 Å². The van der Waals surface area contributed by atoms with Gasteiger partial charge in [0.05, 0.1) is 13.0 Å². The monoisotopic (exact) mass is 240 g/mol. The third-order valence-corrected chi connectivity index (χ3v) is 3.18. The van der Waals surface area contributed by atoms with Crippen molar-refractivity contribution < 1.29 is 9.53 Å². The van der Waals surface area contributed by atoms with E-state index in [9.17, 15) is 4.79 Å². The van der Waals surface area contributed by atoms with Gasteiger partial charge in [-0.15, -0.1) is 0 Å². The fourth-order valence-corrected chi connectivity index (χ4v) is 1.99. The summed E-state index contributed by atoms with van der Waals surface area (Å²) in [6, 6.07) is 12.2. The number of hydrogen-bond donors (Lipinski definition) is 0. The molecule has 2 rings (SSSR count). The van der Waals surface area contributed by atoms with Crippen molar-refractivity contribution >= 4 is 22.8 Å². The van der Waals surface area contributed by atoms with Crippen LogP contribution in [0.15, 0.2) is 43.0 Å². The van der Waals surface area contributed by atoms with Crippen molar-refractivity contribution in [2.24, 2.45) is 0 Å². The molecule has 2 aromatic rings. The lowest BCUT2D eigenvalue weighted by Crippen LogP contribution is -2.10. The number of methoxy groups -OCH3 is 1. The van der Waals surface area contributed by atoms with E-state index in [0.29, 0.717) is 0 Å². The van der Waals surface area contributed by atoms with Crippen LogP contribution in [-0.2, 0) is 9.53 Å². The zero-order chi connectivity index (χ0) is 13.1. The van der Waals surface area contributed by atoms with E-state index in [0.717, 1.165) is 21.9 Å². The van der Waals surface area contributed by atoms with E-state index in [-0.39, 0.29) is 11.9 Å². The average molecular weight is 240 g/mol. The Balaban J connectivity index is 2.44. The summed E-state index contributed by atoms with van der Waals surface area (Å²) in [6.07, 6.45) is 1.82. The van der Waals surface area contributed by atoms with E-state index in [1.54, 1.807) is 0 Å². The Morgan fingerprint density at radius 2 is 1.89 bits per heavy atom. The summed E-state index contributed by atoms with van der Waals surface area (Å²) in [4.78, 5) is 11.5. The molecule has 92 valence electrons. The van der Waals surface area contributed by atoms with Crippen LogP contribution >= 0.6 is 0 Å². The Labute approximate surface area is 107 Å². The predicted octanol–water partition coefficient (Wildman–Crippen LogP) is 3.76. The molecular formula is C16H16O2. The van der Waals surface area contributed by atoms with Crippen LogP contribution < -0.4 is 0 Å². The SMILES string of the molecule is C=Cc1ccc2cc(C(C)C(=O)OC)ccc2c1. The van der Waals surface area contributed by atoms with Gasteiger partial charge in [0.2, 0.25) is 0 Å². The Kier molecular flexibility index (Phi) is 3.47. The normalized spacial score (nSPS) is 12.1. The molecule has 0 saturated carbocycles. The highest BCUT2D eigenvalue weighted by Gasteiger charge is 2.15. The quantitative estimate of drug-likeness (QED) is 0.763. The molecule has 0 radical (unpaired) electrons. The van der Waals surface area contributed by atoms with E-state index in [4.69, 9.17) is 4.74 Å². The molecular weight excluding hydrogens is 224 g/mol. The molecule has 0 aliphatic heterocycles. The highest BCUT2D eigenvalue weighted by atomic mass is 16.5. The smallest absolute Gasteiger partial charge is 0.312 e. The Morgan fingerprint density at radius 1 is 1.22 bits per heavy atom. The largest absolute Gasteiger partial charge is 0.469 e. The van der Waals surface area contributed by atoms with Crippen LogP contribution in [0, 0.1) is 0 Å². The summed E-state index contributed by atoms with van der Waals surface area (Å²) in [5.74, 6) is -0.449. The number of rotatable bonds is 3. The first-order valence-corrected chi connectivity index (χ1v) is 5.89. The number of carbonyl (C=O) groups excluding carboxylic acids is 1. The van der Waals surface area contributed by atoms with Crippen molar-refractivity contribution in [3.63, 3.8) is 0 Å². The molecule has 1 unspecified atom stereocenters. The molecule has 2 nitrogen and oxygen atoms in total. The lowest BCUT2D eigenvalue weighted by Gasteiger charge is -2.10. The first-order valence-electron chi connectivity index (χ1n) is 5.89. The van der Waals surface area contributed by atoms with E-state index >= 15 is 0 Å². The molecule has 2 heteroatoms. The van der Waals surface area contributed by atoms with Crippen molar-refractivity contribution in [1.29, 1.82) is 0 Å². The maximum Gasteiger partial charge on any atom is 0.312 e. The van der Waals surface area contributed by atoms with Gasteiger partial charge < -0.3 is 4.74 Å². The van der Waals surface area contributed by atoms with Crippen LogP contribution in [-0.4, -0.2) is 13.1 Å². The summed E-state index contributed by atoms with van der Waals surface area (Å²) >= 11 is 0. The van der Waals surface area contributed by atoms with Gasteiger partial charge in [0.15, 0.2) is 0 Å². The van der Waals surface area contributed by atoms with Crippen molar-refractivity contribution in [1.82, 2.24) is 0 Å². The molecule has 2 aromatic carbocycles. The predicted molar refractivity (Wildman–Crippen MR) is 74.5 cm³/mol. The number of fused-ring (bicyclic) bond motifs is 1. The van der Waals surface area contributed by atoms with Gasteiger partial charge in [-0.25, -0.2) is 0 Å². The highest BCUT2D eigenvalue weighted by Crippen LogP contribution is 2.23. The van der Waals surface area contributed by atoms with Crippen LogP contribution in [0.25, 0.3) is 16.8 Å². The van der Waals surface area contributed by atoms with Crippen LogP contribution in [0.5, 0.6) is 0 Å². The molecule has 18 heavy (non-hydrogen) atoms. The lowest BCUT2D eigenvalue weighted by molar-refractivity contribution is -0.141. The van der Waals surface area contributed by atoms with Crippen LogP contribution in [0.1, 0.15) is 24.0 Å². The Bertz CT molecular complexity index is 599. The fraction of sp³-hybridized carbons (Fsp3) is 0.188. The second-order valence-electron chi connectivity index (χ2n) is 4.31. The second kappa shape index (κ2) is 5.05. The zero-order valence-electron chi connectivity index (χ0n) is 10.6. The van der Waals surface area contributed by atoms with Crippen molar-refractivity contribution in [2.75, 3.05) is 7.11 Å². The summed E-state index contributed by atoms with van der Waals surface area (Å²) < 4.78 is 4.76. The van der Waals surface area contributed by atoms with E-state index in [2.05, 4.69) is 12.6 Å². The molecule has 0 fully saturated rings. The molecule has 0 heterocycles. The van der Waals surface area contributed by atoms with Crippen LogP contribution in [0.2, 0.25) is 0 Å². The molecule has 0 amide bonds. The Hall–Kier alpha value is -2.09. The number of ether oxygens (including phenoxy) is 1. The topological polar surface area (TPSA) is 26.3 Å². The summed E-state index contributed by atoms with van der Waals surface area (Å²) in [5, 5.41) is 2.27. The third-order valence-electron chi connectivity index (χ3n) is 3.18. The molecule has 0 spiro atoms. The van der Waals surface area contributed by atoms with Gasteiger partial charge in [0.1, 0.15) is 0 Å². The maximum atomic E-state index is 11.5. The first-order chi connectivity index (χ1) is 8.65. The maximum absolute atomic E-state index is 11.5. The van der Waals surface area contributed by atoms with Gasteiger partial charge >= 0.3 is 5.97 Å². The molecule has 0 bridgehead atoms. The molecule has 0 aliphatic rings. The fourth-order valence-electron chi connectivity index (χ4n) is 1.99. The first kappa shape index (κ1) is 12.4. The average Bonchev–Trinajstić information content (AvgIpc) is 2.44. The number of carbonyl (C=O) groups is 1. The van der Waals surface area contributed by atoms with Crippen LogP contribution in [0.3, 0.4) is 0 Å². The number of esters is 1. The highest BCUT2D eigenvalue weighted by molar-refractivity contribution is 5.87. The summed E-state index contributed by atoms with van der Waals surface area (Å²) in [5.41, 5.74) is 2.07. The molecule has 0 aromatic heterocycles. The van der Waals surface area contributed by atoms with Gasteiger partial charge in [-0.3, -0.25) is 4.79 Å². The van der Waals surface area contributed by atoms with Gasteiger partial charge in [-0.2, -0.15) is 0 Å². The van der Waals surface area contributed by atoms with Gasteiger partial charge in [-0.05, 0) is 34.9 Å². The van der Waals surface area contributed by atoms with Gasteiger partial charge in [0, 0.05) is 0 Å². The van der Waals surface area contributed by atoms with Gasteiger partial charge in [-0.1, -0.05) is 43.0 Å². The van der Waals surface area contributed by atoms with E-state index in [1.165, 1.54) is 7.11 Å². The second-order valence-corrected chi connectivity index (χ2v) is 4.31. The lowest BCUT2D eigenvalue weighted by atomic mass is 9.97.